The number of rotatable bonds is 2. The fourth-order valence-corrected chi connectivity index (χ4v) is 2.06. The molecule has 0 saturated carbocycles. The Bertz CT molecular complexity index is 674. The molecule has 3 nitrogen and oxygen atoms in total. The van der Waals surface area contributed by atoms with Crippen molar-refractivity contribution in [3.8, 4) is 0 Å². The van der Waals surface area contributed by atoms with Gasteiger partial charge in [0, 0.05) is 10.7 Å². The van der Waals surface area contributed by atoms with Crippen LogP contribution in [0.3, 0.4) is 0 Å². The summed E-state index contributed by atoms with van der Waals surface area (Å²) >= 11 is 14.3. The molecule has 0 fully saturated rings. The summed E-state index contributed by atoms with van der Waals surface area (Å²) < 4.78 is 27.4. The minimum absolute atomic E-state index is 0.0288. The largest absolute Gasteiger partial charge is 0.317 e. The first-order valence-corrected chi connectivity index (χ1v) is 6.70. The minimum atomic E-state index is -0.904. The van der Waals surface area contributed by atoms with Crippen LogP contribution in [0.2, 0.25) is 10.2 Å². The maximum Gasteiger partial charge on any atom is 0.257 e. The summed E-state index contributed by atoms with van der Waals surface area (Å²) in [5, 5.41) is 2.21. The van der Waals surface area contributed by atoms with Crippen molar-refractivity contribution in [1.29, 1.82) is 0 Å². The number of anilines is 1. The number of aromatic nitrogens is 1. The van der Waals surface area contributed by atoms with E-state index in [9.17, 15) is 13.6 Å². The van der Waals surface area contributed by atoms with Crippen LogP contribution in [0.15, 0.2) is 28.9 Å². The van der Waals surface area contributed by atoms with Crippen molar-refractivity contribution in [3.63, 3.8) is 0 Å². The van der Waals surface area contributed by atoms with Gasteiger partial charge in [0.1, 0.15) is 10.8 Å². The average Bonchev–Trinajstić information content (AvgIpc) is 2.36. The first-order valence-electron chi connectivity index (χ1n) is 5.15. The van der Waals surface area contributed by atoms with Gasteiger partial charge in [-0.2, -0.15) is 0 Å². The first-order chi connectivity index (χ1) is 9.38. The number of pyridine rings is 1. The SMILES string of the molecule is O=C(Nc1c(F)cc(Br)cc1F)c1cnc(Cl)c(Cl)c1. The smallest absolute Gasteiger partial charge is 0.257 e. The lowest BCUT2D eigenvalue weighted by Crippen LogP contribution is -2.14. The third-order valence-corrected chi connectivity index (χ3v) is 3.45. The van der Waals surface area contributed by atoms with Crippen LogP contribution < -0.4 is 5.32 Å². The van der Waals surface area contributed by atoms with Crippen LogP contribution in [0.1, 0.15) is 10.4 Å². The molecule has 0 aliphatic rings. The second kappa shape index (κ2) is 6.03. The molecule has 0 bridgehead atoms. The zero-order chi connectivity index (χ0) is 14.9. The first kappa shape index (κ1) is 15.2. The molecule has 1 amide bonds. The second-order valence-corrected chi connectivity index (χ2v) is 5.38. The Balaban J connectivity index is 2.30. The summed E-state index contributed by atoms with van der Waals surface area (Å²) in [5.41, 5.74) is -0.523. The van der Waals surface area contributed by atoms with Gasteiger partial charge < -0.3 is 5.32 Å². The highest BCUT2D eigenvalue weighted by Gasteiger charge is 2.16. The molecule has 1 aromatic heterocycles. The van der Waals surface area contributed by atoms with E-state index in [-0.39, 0.29) is 20.2 Å². The molecule has 2 aromatic rings. The van der Waals surface area contributed by atoms with Gasteiger partial charge in [0.15, 0.2) is 11.6 Å². The number of nitrogens with one attached hydrogen (secondary N) is 1. The van der Waals surface area contributed by atoms with Crippen LogP contribution >= 0.6 is 39.1 Å². The third kappa shape index (κ3) is 3.26. The lowest BCUT2D eigenvalue weighted by molar-refractivity contribution is 0.102. The summed E-state index contributed by atoms with van der Waals surface area (Å²) in [4.78, 5) is 15.5. The highest BCUT2D eigenvalue weighted by atomic mass is 79.9. The molecule has 0 radical (unpaired) electrons. The predicted molar refractivity (Wildman–Crippen MR) is 76.3 cm³/mol. The molecule has 1 N–H and O–H groups in total. The highest BCUT2D eigenvalue weighted by Crippen LogP contribution is 2.25. The summed E-state index contributed by atoms with van der Waals surface area (Å²) in [7, 11) is 0. The molecule has 0 saturated heterocycles. The van der Waals surface area contributed by atoms with Gasteiger partial charge in [-0.25, -0.2) is 13.8 Å². The van der Waals surface area contributed by atoms with Crippen molar-refractivity contribution < 1.29 is 13.6 Å². The van der Waals surface area contributed by atoms with E-state index in [2.05, 4.69) is 26.2 Å². The normalized spacial score (nSPS) is 10.4. The van der Waals surface area contributed by atoms with E-state index in [1.807, 2.05) is 0 Å². The van der Waals surface area contributed by atoms with Crippen LogP contribution in [0.25, 0.3) is 0 Å². The van der Waals surface area contributed by atoms with Crippen LogP contribution in [0.5, 0.6) is 0 Å². The van der Waals surface area contributed by atoms with E-state index in [1.165, 1.54) is 6.07 Å². The number of amides is 1. The number of hydrogen-bond acceptors (Lipinski definition) is 2. The van der Waals surface area contributed by atoms with E-state index in [1.54, 1.807) is 0 Å². The maximum atomic E-state index is 13.6. The molecule has 0 unspecified atom stereocenters. The maximum absolute atomic E-state index is 13.6. The van der Waals surface area contributed by atoms with Crippen LogP contribution in [-0.2, 0) is 0 Å². The Morgan fingerprint density at radius 1 is 1.20 bits per heavy atom. The Kier molecular flexibility index (Phi) is 4.57. The van der Waals surface area contributed by atoms with Crippen LogP contribution in [-0.4, -0.2) is 10.9 Å². The van der Waals surface area contributed by atoms with Gasteiger partial charge in [0.2, 0.25) is 0 Å². The van der Waals surface area contributed by atoms with Gasteiger partial charge in [-0.3, -0.25) is 4.79 Å². The number of benzene rings is 1. The van der Waals surface area contributed by atoms with Crippen molar-refractivity contribution in [2.45, 2.75) is 0 Å². The Labute approximate surface area is 131 Å². The van der Waals surface area contributed by atoms with Crippen LogP contribution in [0.4, 0.5) is 14.5 Å². The summed E-state index contributed by atoms with van der Waals surface area (Å²) in [6.07, 6.45) is 1.15. The Hall–Kier alpha value is -1.24. The van der Waals surface area contributed by atoms with Gasteiger partial charge in [0.25, 0.3) is 5.91 Å². The third-order valence-electron chi connectivity index (χ3n) is 2.30. The van der Waals surface area contributed by atoms with Crippen molar-refractivity contribution >= 4 is 50.7 Å². The van der Waals surface area contributed by atoms with Gasteiger partial charge in [-0.15, -0.1) is 0 Å². The van der Waals surface area contributed by atoms with E-state index >= 15 is 0 Å². The number of hydrogen-bond donors (Lipinski definition) is 1. The fraction of sp³-hybridized carbons (Fsp3) is 0. The molecular weight excluding hydrogens is 377 g/mol. The molecular formula is C12H5BrCl2F2N2O. The summed E-state index contributed by atoms with van der Waals surface area (Å²) in [6, 6.07) is 3.32. The molecule has 8 heteroatoms. The predicted octanol–water partition coefficient (Wildman–Crippen LogP) is 4.68. The quantitative estimate of drug-likeness (QED) is 0.767. The number of halogens is 5. The molecule has 0 spiro atoms. The summed E-state index contributed by atoms with van der Waals surface area (Å²) in [6.45, 7) is 0. The highest BCUT2D eigenvalue weighted by molar-refractivity contribution is 9.10. The lowest BCUT2D eigenvalue weighted by atomic mass is 10.2. The molecule has 104 valence electrons. The van der Waals surface area contributed by atoms with Crippen LogP contribution in [0, 0.1) is 11.6 Å². The van der Waals surface area contributed by atoms with Gasteiger partial charge in [-0.1, -0.05) is 39.1 Å². The molecule has 0 aliphatic heterocycles. The second-order valence-electron chi connectivity index (χ2n) is 3.70. The molecule has 20 heavy (non-hydrogen) atoms. The van der Waals surface area contributed by atoms with E-state index in [0.29, 0.717) is 0 Å². The van der Waals surface area contributed by atoms with Gasteiger partial charge >= 0.3 is 0 Å². The van der Waals surface area contributed by atoms with Gasteiger partial charge in [-0.05, 0) is 18.2 Å². The molecule has 1 heterocycles. The topological polar surface area (TPSA) is 42.0 Å². The fourth-order valence-electron chi connectivity index (χ4n) is 1.39. The monoisotopic (exact) mass is 380 g/mol. The minimum Gasteiger partial charge on any atom is -0.317 e. The molecule has 2 rings (SSSR count). The van der Waals surface area contributed by atoms with Crippen molar-refractivity contribution in [2.75, 3.05) is 5.32 Å². The van der Waals surface area contributed by atoms with E-state index in [4.69, 9.17) is 23.2 Å². The number of carbonyl (C=O) groups is 1. The molecule has 1 aromatic carbocycles. The lowest BCUT2D eigenvalue weighted by Gasteiger charge is -2.08. The molecule has 0 aliphatic carbocycles. The average molecular weight is 382 g/mol. The van der Waals surface area contributed by atoms with Crippen molar-refractivity contribution in [2.24, 2.45) is 0 Å². The van der Waals surface area contributed by atoms with Crippen molar-refractivity contribution in [3.05, 3.63) is 56.2 Å². The Morgan fingerprint density at radius 3 is 2.35 bits per heavy atom. The van der Waals surface area contributed by atoms with E-state index in [0.717, 1.165) is 18.3 Å². The number of nitrogens with zero attached hydrogens (tertiary/aromatic N) is 1. The number of carbonyl (C=O) groups excluding carboxylic acids is 1. The van der Waals surface area contributed by atoms with Gasteiger partial charge in [0.05, 0.1) is 10.6 Å². The standard InChI is InChI=1S/C12H5BrCl2F2N2O/c13-6-2-8(16)10(9(17)3-6)19-12(20)5-1-7(14)11(15)18-4-5/h1-4H,(H,19,20). The van der Waals surface area contributed by atoms with Crippen molar-refractivity contribution in [1.82, 2.24) is 4.98 Å². The molecule has 0 atom stereocenters. The van der Waals surface area contributed by atoms with E-state index < -0.39 is 23.2 Å². The Morgan fingerprint density at radius 2 is 1.80 bits per heavy atom. The summed E-state index contributed by atoms with van der Waals surface area (Å²) in [5.74, 6) is -2.56. The zero-order valence-electron chi connectivity index (χ0n) is 9.55. The zero-order valence-corrected chi connectivity index (χ0v) is 12.7.